The van der Waals surface area contributed by atoms with E-state index in [0.29, 0.717) is 5.89 Å². The molecule has 0 aliphatic carbocycles. The van der Waals surface area contributed by atoms with Gasteiger partial charge in [0.25, 0.3) is 0 Å². The second-order valence-electron chi connectivity index (χ2n) is 7.61. The summed E-state index contributed by atoms with van der Waals surface area (Å²) in [6, 6.07) is 28.3. The third-order valence-electron chi connectivity index (χ3n) is 4.41. The van der Waals surface area contributed by atoms with Crippen molar-refractivity contribution in [2.24, 2.45) is 0 Å². The summed E-state index contributed by atoms with van der Waals surface area (Å²) in [4.78, 5) is 4.85. The van der Waals surface area contributed by atoms with E-state index in [4.69, 9.17) is 13.8 Å². The van der Waals surface area contributed by atoms with E-state index in [1.807, 2.05) is 60.7 Å². The molecule has 1 heterocycles. The van der Waals surface area contributed by atoms with Crippen molar-refractivity contribution in [1.82, 2.24) is 4.98 Å². The smallest absolute Gasteiger partial charge is 0.236 e. The number of nitrogens with zero attached hydrogens (tertiary/aromatic N) is 1. The Labute approximate surface area is 160 Å². The first kappa shape index (κ1) is 17.7. The summed E-state index contributed by atoms with van der Waals surface area (Å²) >= 11 is 0. The molecule has 3 aromatic carbocycles. The summed E-state index contributed by atoms with van der Waals surface area (Å²) in [5.74, 6) is 0.573. The molecule has 0 fully saturated rings. The van der Waals surface area contributed by atoms with E-state index < -0.39 is 13.9 Å². The summed E-state index contributed by atoms with van der Waals surface area (Å²) in [5, 5.41) is 0. The lowest BCUT2D eigenvalue weighted by atomic mass is 9.86. The molecule has 0 saturated heterocycles. The van der Waals surface area contributed by atoms with E-state index in [-0.39, 0.29) is 0 Å². The highest BCUT2D eigenvalue weighted by atomic mass is 28.4. The highest BCUT2D eigenvalue weighted by Crippen LogP contribution is 2.43. The molecule has 136 valence electrons. The minimum atomic E-state index is -1.99. The molecular weight excluding hydrogens is 350 g/mol. The SMILES string of the molecule is C[Si](C)(C)OC(c1ccccc1)(c1ccccc1)c1nc2ccccc2o1. The molecule has 0 N–H and O–H groups in total. The normalized spacial score (nSPS) is 12.4. The van der Waals surface area contributed by atoms with Crippen LogP contribution in [0.4, 0.5) is 0 Å². The van der Waals surface area contributed by atoms with Crippen molar-refractivity contribution in [2.75, 3.05) is 0 Å². The first-order chi connectivity index (χ1) is 13.0. The Hall–Kier alpha value is -2.69. The van der Waals surface area contributed by atoms with Gasteiger partial charge in [-0.1, -0.05) is 72.8 Å². The van der Waals surface area contributed by atoms with Crippen molar-refractivity contribution in [3.05, 3.63) is 102 Å². The zero-order valence-electron chi connectivity index (χ0n) is 15.8. The van der Waals surface area contributed by atoms with Crippen LogP contribution >= 0.6 is 0 Å². The number of fused-ring (bicyclic) bond motifs is 1. The monoisotopic (exact) mass is 373 g/mol. The van der Waals surface area contributed by atoms with Gasteiger partial charge >= 0.3 is 0 Å². The maximum absolute atomic E-state index is 6.90. The molecule has 0 bridgehead atoms. The van der Waals surface area contributed by atoms with Crippen LogP contribution < -0.4 is 0 Å². The van der Waals surface area contributed by atoms with E-state index in [1.54, 1.807) is 0 Å². The van der Waals surface area contributed by atoms with E-state index in [9.17, 15) is 0 Å². The number of aromatic nitrogens is 1. The molecule has 4 aromatic rings. The average Bonchev–Trinajstić information content (AvgIpc) is 3.11. The fraction of sp³-hybridized carbons (Fsp3) is 0.174. The average molecular weight is 374 g/mol. The van der Waals surface area contributed by atoms with Gasteiger partial charge in [0.05, 0.1) is 0 Å². The Balaban J connectivity index is 2.06. The summed E-state index contributed by atoms with van der Waals surface area (Å²) in [5.41, 5.74) is 2.76. The van der Waals surface area contributed by atoms with Crippen molar-refractivity contribution in [3.8, 4) is 0 Å². The molecule has 27 heavy (non-hydrogen) atoms. The summed E-state index contributed by atoms with van der Waals surface area (Å²) in [6.45, 7) is 6.57. The molecule has 0 aliphatic rings. The van der Waals surface area contributed by atoms with Crippen LogP contribution in [0.5, 0.6) is 0 Å². The van der Waals surface area contributed by atoms with Gasteiger partial charge in [-0.15, -0.1) is 0 Å². The highest BCUT2D eigenvalue weighted by Gasteiger charge is 2.45. The van der Waals surface area contributed by atoms with Crippen molar-refractivity contribution in [3.63, 3.8) is 0 Å². The molecule has 0 spiro atoms. The number of oxazole rings is 1. The third kappa shape index (κ3) is 3.34. The van der Waals surface area contributed by atoms with Crippen LogP contribution in [0.3, 0.4) is 0 Å². The number of rotatable bonds is 5. The minimum absolute atomic E-state index is 0.573. The van der Waals surface area contributed by atoms with Gasteiger partial charge in [0.2, 0.25) is 5.89 Å². The topological polar surface area (TPSA) is 35.3 Å². The zero-order chi connectivity index (χ0) is 18.9. The quantitative estimate of drug-likeness (QED) is 0.404. The summed E-state index contributed by atoms with van der Waals surface area (Å²) < 4.78 is 13.2. The fourth-order valence-corrected chi connectivity index (χ4v) is 4.64. The number of hydrogen-bond acceptors (Lipinski definition) is 3. The molecule has 0 atom stereocenters. The maximum atomic E-state index is 6.90. The van der Waals surface area contributed by atoms with Crippen molar-refractivity contribution < 1.29 is 8.84 Å². The second kappa shape index (κ2) is 6.80. The molecule has 0 aliphatic heterocycles. The predicted molar refractivity (Wildman–Crippen MR) is 111 cm³/mol. The fourth-order valence-electron chi connectivity index (χ4n) is 3.40. The van der Waals surface area contributed by atoms with Crippen molar-refractivity contribution in [1.29, 1.82) is 0 Å². The van der Waals surface area contributed by atoms with Crippen molar-refractivity contribution in [2.45, 2.75) is 25.2 Å². The molecule has 0 unspecified atom stereocenters. The molecule has 1 aromatic heterocycles. The first-order valence-electron chi connectivity index (χ1n) is 9.16. The molecule has 4 heteroatoms. The number of benzene rings is 3. The van der Waals surface area contributed by atoms with Gasteiger partial charge < -0.3 is 8.84 Å². The van der Waals surface area contributed by atoms with Gasteiger partial charge in [-0.2, -0.15) is 0 Å². The van der Waals surface area contributed by atoms with E-state index in [1.165, 1.54) is 0 Å². The number of para-hydroxylation sites is 2. The van der Waals surface area contributed by atoms with Crippen LogP contribution in [-0.4, -0.2) is 13.3 Å². The predicted octanol–water partition coefficient (Wildman–Crippen LogP) is 5.97. The molecular formula is C23H23NO2Si. The molecule has 0 radical (unpaired) electrons. The lowest BCUT2D eigenvalue weighted by Gasteiger charge is -2.37. The standard InChI is InChI=1S/C23H23NO2Si/c1-27(2,3)26-23(18-12-6-4-7-13-18,19-14-8-5-9-15-19)22-24-20-16-10-11-17-21(20)25-22/h4-17H,1-3H3. The van der Waals surface area contributed by atoms with E-state index >= 15 is 0 Å². The Morgan fingerprint density at radius 1 is 0.741 bits per heavy atom. The van der Waals surface area contributed by atoms with Crippen molar-refractivity contribution >= 4 is 19.4 Å². The van der Waals surface area contributed by atoms with Crippen LogP contribution in [0, 0.1) is 0 Å². The van der Waals surface area contributed by atoms with Gasteiger partial charge in [-0.25, -0.2) is 4.98 Å². The number of hydrogen-bond donors (Lipinski definition) is 0. The van der Waals surface area contributed by atoms with Gasteiger partial charge in [0.15, 0.2) is 19.5 Å². The van der Waals surface area contributed by atoms with Gasteiger partial charge in [-0.3, -0.25) is 0 Å². The lowest BCUT2D eigenvalue weighted by molar-refractivity contribution is 0.115. The largest absolute Gasteiger partial charge is 0.437 e. The van der Waals surface area contributed by atoms with Gasteiger partial charge in [-0.05, 0) is 42.9 Å². The molecule has 4 rings (SSSR count). The van der Waals surface area contributed by atoms with Crippen LogP contribution in [0.25, 0.3) is 11.1 Å². The second-order valence-corrected chi connectivity index (χ2v) is 12.0. The van der Waals surface area contributed by atoms with Crippen LogP contribution in [-0.2, 0) is 10.0 Å². The molecule has 0 saturated carbocycles. The first-order valence-corrected chi connectivity index (χ1v) is 12.6. The molecule has 0 amide bonds. The Morgan fingerprint density at radius 2 is 1.26 bits per heavy atom. The van der Waals surface area contributed by atoms with Gasteiger partial charge in [0.1, 0.15) is 5.52 Å². The Morgan fingerprint density at radius 3 is 1.78 bits per heavy atom. The van der Waals surface area contributed by atoms with E-state index in [2.05, 4.69) is 43.9 Å². The van der Waals surface area contributed by atoms with E-state index in [0.717, 1.165) is 22.2 Å². The van der Waals surface area contributed by atoms with Gasteiger partial charge in [0, 0.05) is 0 Å². The lowest BCUT2D eigenvalue weighted by Crippen LogP contribution is -2.42. The van der Waals surface area contributed by atoms with Crippen LogP contribution in [0.2, 0.25) is 19.6 Å². The molecule has 3 nitrogen and oxygen atoms in total. The van der Waals surface area contributed by atoms with Crippen LogP contribution in [0.1, 0.15) is 17.0 Å². The maximum Gasteiger partial charge on any atom is 0.236 e. The minimum Gasteiger partial charge on any atom is -0.437 e. The summed E-state index contributed by atoms with van der Waals surface area (Å²) in [7, 11) is -1.99. The Kier molecular flexibility index (Phi) is 4.46. The highest BCUT2D eigenvalue weighted by molar-refractivity contribution is 6.69. The third-order valence-corrected chi connectivity index (χ3v) is 5.33. The van der Waals surface area contributed by atoms with Crippen LogP contribution in [0.15, 0.2) is 89.3 Å². The Bertz CT molecular complexity index is 964. The zero-order valence-corrected chi connectivity index (χ0v) is 16.8. The summed E-state index contributed by atoms with van der Waals surface area (Å²) in [6.07, 6.45) is 0.